The molecule has 0 spiro atoms. The van der Waals surface area contributed by atoms with Crippen molar-refractivity contribution in [3.05, 3.63) is 34.9 Å². The van der Waals surface area contributed by atoms with Crippen LogP contribution in [0.25, 0.3) is 0 Å². The van der Waals surface area contributed by atoms with Crippen LogP contribution in [0.4, 0.5) is 0 Å². The number of nitrogens with two attached hydrogens (primary N) is 1. The standard InChI is InChI=1S/C15H26N2/c1-5-17(6-2)15(9-10-16)14-11-12(3)7-8-13(14)4/h7-8,11,15H,5-6,9-10,16H2,1-4H3. The molecular formula is C15H26N2. The minimum Gasteiger partial charge on any atom is -0.330 e. The third kappa shape index (κ3) is 3.55. The van der Waals surface area contributed by atoms with Gasteiger partial charge in [0.2, 0.25) is 0 Å². The van der Waals surface area contributed by atoms with Crippen molar-refractivity contribution in [1.29, 1.82) is 0 Å². The fraction of sp³-hybridized carbons (Fsp3) is 0.600. The van der Waals surface area contributed by atoms with Crippen LogP contribution in [0.2, 0.25) is 0 Å². The van der Waals surface area contributed by atoms with Gasteiger partial charge in [-0.1, -0.05) is 37.6 Å². The van der Waals surface area contributed by atoms with Crippen molar-refractivity contribution in [2.75, 3.05) is 19.6 Å². The molecule has 0 heterocycles. The molecule has 96 valence electrons. The summed E-state index contributed by atoms with van der Waals surface area (Å²) < 4.78 is 0. The van der Waals surface area contributed by atoms with E-state index in [1.54, 1.807) is 0 Å². The van der Waals surface area contributed by atoms with E-state index < -0.39 is 0 Å². The Kier molecular flexibility index (Phi) is 5.66. The molecule has 0 fully saturated rings. The van der Waals surface area contributed by atoms with Gasteiger partial charge >= 0.3 is 0 Å². The molecule has 17 heavy (non-hydrogen) atoms. The van der Waals surface area contributed by atoms with E-state index in [4.69, 9.17) is 5.73 Å². The van der Waals surface area contributed by atoms with Crippen LogP contribution in [-0.4, -0.2) is 24.5 Å². The lowest BCUT2D eigenvalue weighted by molar-refractivity contribution is 0.209. The third-order valence-corrected chi connectivity index (χ3v) is 3.49. The second kappa shape index (κ2) is 6.77. The predicted molar refractivity (Wildman–Crippen MR) is 75.2 cm³/mol. The van der Waals surface area contributed by atoms with Crippen LogP contribution >= 0.6 is 0 Å². The Labute approximate surface area is 106 Å². The fourth-order valence-corrected chi connectivity index (χ4v) is 2.48. The van der Waals surface area contributed by atoms with Gasteiger partial charge in [0.25, 0.3) is 0 Å². The van der Waals surface area contributed by atoms with Crippen molar-refractivity contribution in [3.8, 4) is 0 Å². The summed E-state index contributed by atoms with van der Waals surface area (Å²) in [5.74, 6) is 0. The van der Waals surface area contributed by atoms with Gasteiger partial charge in [0.15, 0.2) is 0 Å². The zero-order valence-electron chi connectivity index (χ0n) is 11.7. The average molecular weight is 234 g/mol. The summed E-state index contributed by atoms with van der Waals surface area (Å²) in [6.07, 6.45) is 1.03. The second-order valence-electron chi connectivity index (χ2n) is 4.67. The summed E-state index contributed by atoms with van der Waals surface area (Å²) in [5, 5.41) is 0. The van der Waals surface area contributed by atoms with Crippen molar-refractivity contribution < 1.29 is 0 Å². The van der Waals surface area contributed by atoms with E-state index in [9.17, 15) is 0 Å². The number of hydrogen-bond donors (Lipinski definition) is 1. The van der Waals surface area contributed by atoms with E-state index in [1.165, 1.54) is 16.7 Å². The Hall–Kier alpha value is -0.860. The number of aryl methyl sites for hydroxylation is 2. The number of hydrogen-bond acceptors (Lipinski definition) is 2. The Balaban J connectivity index is 3.07. The van der Waals surface area contributed by atoms with Crippen LogP contribution in [0, 0.1) is 13.8 Å². The summed E-state index contributed by atoms with van der Waals surface area (Å²) in [7, 11) is 0. The maximum absolute atomic E-state index is 5.78. The van der Waals surface area contributed by atoms with Crippen LogP contribution < -0.4 is 5.73 Å². The molecule has 1 aromatic rings. The van der Waals surface area contributed by atoms with Crippen LogP contribution in [0.15, 0.2) is 18.2 Å². The topological polar surface area (TPSA) is 29.3 Å². The van der Waals surface area contributed by atoms with Crippen LogP contribution in [-0.2, 0) is 0 Å². The molecule has 0 aliphatic heterocycles. The first kappa shape index (κ1) is 14.2. The maximum Gasteiger partial charge on any atom is 0.0362 e. The largest absolute Gasteiger partial charge is 0.330 e. The second-order valence-corrected chi connectivity index (χ2v) is 4.67. The van der Waals surface area contributed by atoms with E-state index in [0.29, 0.717) is 6.04 Å². The lowest BCUT2D eigenvalue weighted by Gasteiger charge is -2.31. The molecule has 0 aliphatic carbocycles. The van der Waals surface area contributed by atoms with E-state index in [1.807, 2.05) is 0 Å². The smallest absolute Gasteiger partial charge is 0.0362 e. The summed E-state index contributed by atoms with van der Waals surface area (Å²) >= 11 is 0. The third-order valence-electron chi connectivity index (χ3n) is 3.49. The maximum atomic E-state index is 5.78. The molecule has 0 saturated carbocycles. The molecule has 2 heteroatoms. The number of rotatable bonds is 6. The predicted octanol–water partition coefficient (Wildman–Crippen LogP) is 3.04. The van der Waals surface area contributed by atoms with E-state index in [-0.39, 0.29) is 0 Å². The van der Waals surface area contributed by atoms with Crippen LogP contribution in [0.3, 0.4) is 0 Å². The van der Waals surface area contributed by atoms with Crippen molar-refractivity contribution in [1.82, 2.24) is 4.90 Å². The first-order valence-electron chi connectivity index (χ1n) is 6.65. The van der Waals surface area contributed by atoms with Gasteiger partial charge in [-0.2, -0.15) is 0 Å². The Morgan fingerprint density at radius 2 is 1.82 bits per heavy atom. The molecule has 1 rings (SSSR count). The van der Waals surface area contributed by atoms with E-state index in [2.05, 4.69) is 50.8 Å². The lowest BCUT2D eigenvalue weighted by atomic mass is 9.95. The molecular weight excluding hydrogens is 208 g/mol. The normalized spacial score (nSPS) is 13.1. The minimum absolute atomic E-state index is 0.467. The molecule has 2 nitrogen and oxygen atoms in total. The molecule has 1 aromatic carbocycles. The van der Waals surface area contributed by atoms with Gasteiger partial charge < -0.3 is 5.73 Å². The minimum atomic E-state index is 0.467. The lowest BCUT2D eigenvalue weighted by Crippen LogP contribution is -2.30. The van der Waals surface area contributed by atoms with Gasteiger partial charge in [-0.25, -0.2) is 0 Å². The van der Waals surface area contributed by atoms with Gasteiger partial charge in [-0.05, 0) is 51.0 Å². The fourth-order valence-electron chi connectivity index (χ4n) is 2.48. The zero-order valence-corrected chi connectivity index (χ0v) is 11.7. The summed E-state index contributed by atoms with van der Waals surface area (Å²) in [6, 6.07) is 7.18. The molecule has 1 unspecified atom stereocenters. The summed E-state index contributed by atoms with van der Waals surface area (Å²) in [6.45, 7) is 11.7. The first-order valence-corrected chi connectivity index (χ1v) is 6.65. The van der Waals surface area contributed by atoms with Crippen molar-refractivity contribution in [2.45, 2.75) is 40.2 Å². The van der Waals surface area contributed by atoms with Crippen molar-refractivity contribution in [2.24, 2.45) is 5.73 Å². The van der Waals surface area contributed by atoms with Crippen LogP contribution in [0.5, 0.6) is 0 Å². The summed E-state index contributed by atoms with van der Waals surface area (Å²) in [5.41, 5.74) is 9.93. The van der Waals surface area contributed by atoms with Crippen molar-refractivity contribution >= 4 is 0 Å². The Morgan fingerprint density at radius 3 is 2.35 bits per heavy atom. The van der Waals surface area contributed by atoms with Gasteiger partial charge in [-0.15, -0.1) is 0 Å². The highest BCUT2D eigenvalue weighted by Gasteiger charge is 2.18. The Bertz CT molecular complexity index is 343. The monoisotopic (exact) mass is 234 g/mol. The summed E-state index contributed by atoms with van der Waals surface area (Å²) in [4.78, 5) is 2.49. The highest BCUT2D eigenvalue weighted by molar-refractivity contribution is 5.33. The van der Waals surface area contributed by atoms with Gasteiger partial charge in [0, 0.05) is 6.04 Å². The molecule has 1 atom stereocenters. The molecule has 0 amide bonds. The van der Waals surface area contributed by atoms with Gasteiger partial charge in [0.05, 0.1) is 0 Å². The number of nitrogens with zero attached hydrogens (tertiary/aromatic N) is 1. The van der Waals surface area contributed by atoms with E-state index in [0.717, 1.165) is 26.1 Å². The molecule has 0 radical (unpaired) electrons. The van der Waals surface area contributed by atoms with Crippen LogP contribution in [0.1, 0.15) is 43.0 Å². The van der Waals surface area contributed by atoms with Crippen molar-refractivity contribution in [3.63, 3.8) is 0 Å². The van der Waals surface area contributed by atoms with E-state index >= 15 is 0 Å². The average Bonchev–Trinajstić information content (AvgIpc) is 2.33. The highest BCUT2D eigenvalue weighted by atomic mass is 15.1. The first-order chi connectivity index (χ1) is 8.13. The Morgan fingerprint density at radius 1 is 1.18 bits per heavy atom. The zero-order chi connectivity index (χ0) is 12.8. The molecule has 0 saturated heterocycles. The highest BCUT2D eigenvalue weighted by Crippen LogP contribution is 2.27. The molecule has 0 aliphatic rings. The quantitative estimate of drug-likeness (QED) is 0.819. The van der Waals surface area contributed by atoms with Gasteiger partial charge in [-0.3, -0.25) is 4.90 Å². The van der Waals surface area contributed by atoms with Gasteiger partial charge in [0.1, 0.15) is 0 Å². The molecule has 0 bridgehead atoms. The SMILES string of the molecule is CCN(CC)C(CCN)c1cc(C)ccc1C. The molecule has 0 aromatic heterocycles. The molecule has 2 N–H and O–H groups in total. The number of benzene rings is 1.